The summed E-state index contributed by atoms with van der Waals surface area (Å²) in [6.07, 6.45) is 4.30. The highest BCUT2D eigenvalue weighted by molar-refractivity contribution is 6.06. The van der Waals surface area contributed by atoms with Gasteiger partial charge in [-0.15, -0.1) is 0 Å². The smallest absolute Gasteiger partial charge is 0.338 e. The van der Waals surface area contributed by atoms with E-state index in [1.165, 1.54) is 7.11 Å². The van der Waals surface area contributed by atoms with E-state index in [2.05, 4.69) is 29.0 Å². The third-order valence-electron chi connectivity index (χ3n) is 3.74. The number of aromatic amines is 1. The number of fused-ring (bicyclic) bond motifs is 1. The van der Waals surface area contributed by atoms with Gasteiger partial charge in [0.15, 0.2) is 0 Å². The minimum Gasteiger partial charge on any atom is -0.465 e. The molecule has 0 bridgehead atoms. The van der Waals surface area contributed by atoms with Gasteiger partial charge in [-0.05, 0) is 36.1 Å². The zero-order valence-corrected chi connectivity index (χ0v) is 13.5. The fourth-order valence-electron chi connectivity index (χ4n) is 2.73. The first-order valence-electron chi connectivity index (χ1n) is 7.60. The Labute approximate surface area is 134 Å². The van der Waals surface area contributed by atoms with Crippen molar-refractivity contribution in [2.75, 3.05) is 7.11 Å². The van der Waals surface area contributed by atoms with Crippen molar-refractivity contribution in [3.05, 3.63) is 47.9 Å². The molecule has 1 aromatic carbocycles. The molecule has 0 amide bonds. The summed E-state index contributed by atoms with van der Waals surface area (Å²) in [6, 6.07) is 7.68. The van der Waals surface area contributed by atoms with E-state index in [-0.39, 0.29) is 5.97 Å². The van der Waals surface area contributed by atoms with Gasteiger partial charge in [-0.2, -0.15) is 5.10 Å². The number of nitrogens with zero attached hydrogens (tertiary/aromatic N) is 2. The van der Waals surface area contributed by atoms with Gasteiger partial charge in [-0.1, -0.05) is 19.9 Å². The zero-order valence-electron chi connectivity index (χ0n) is 13.5. The van der Waals surface area contributed by atoms with Gasteiger partial charge in [-0.25, -0.2) is 4.79 Å². The molecule has 0 aliphatic carbocycles. The first-order chi connectivity index (χ1) is 11.1. The van der Waals surface area contributed by atoms with Crippen molar-refractivity contribution in [3.63, 3.8) is 0 Å². The number of ether oxygens (including phenoxy) is 1. The quantitative estimate of drug-likeness (QED) is 0.748. The summed E-state index contributed by atoms with van der Waals surface area (Å²) in [5.74, 6) is 0.0946. The van der Waals surface area contributed by atoms with Crippen LogP contribution in [0.25, 0.3) is 22.0 Å². The van der Waals surface area contributed by atoms with Crippen LogP contribution in [0.2, 0.25) is 0 Å². The molecule has 0 atom stereocenters. The Kier molecular flexibility index (Phi) is 4.10. The van der Waals surface area contributed by atoms with Gasteiger partial charge in [-0.3, -0.25) is 10.1 Å². The summed E-state index contributed by atoms with van der Waals surface area (Å²) in [6.45, 7) is 4.25. The summed E-state index contributed by atoms with van der Waals surface area (Å²) in [4.78, 5) is 16.4. The second kappa shape index (κ2) is 6.20. The number of H-pyrrole nitrogens is 1. The number of rotatable bonds is 4. The van der Waals surface area contributed by atoms with Crippen molar-refractivity contribution in [2.24, 2.45) is 5.92 Å². The molecule has 3 aromatic rings. The number of methoxy groups -OCH3 is 1. The van der Waals surface area contributed by atoms with E-state index in [4.69, 9.17) is 4.74 Å². The molecule has 0 unspecified atom stereocenters. The molecule has 0 aliphatic heterocycles. The second-order valence-corrected chi connectivity index (χ2v) is 5.95. The van der Waals surface area contributed by atoms with Crippen molar-refractivity contribution in [2.45, 2.75) is 20.3 Å². The number of hydrogen-bond acceptors (Lipinski definition) is 4. The van der Waals surface area contributed by atoms with Crippen LogP contribution in [0.4, 0.5) is 0 Å². The Balaban J connectivity index is 2.22. The minimum atomic E-state index is -0.354. The van der Waals surface area contributed by atoms with Crippen LogP contribution >= 0.6 is 0 Å². The van der Waals surface area contributed by atoms with E-state index in [0.717, 1.165) is 34.1 Å². The summed E-state index contributed by atoms with van der Waals surface area (Å²) in [5.41, 5.74) is 4.12. The van der Waals surface area contributed by atoms with Crippen molar-refractivity contribution < 1.29 is 9.53 Å². The second-order valence-electron chi connectivity index (χ2n) is 5.95. The van der Waals surface area contributed by atoms with Crippen molar-refractivity contribution >= 4 is 16.9 Å². The highest BCUT2D eigenvalue weighted by atomic mass is 16.5. The van der Waals surface area contributed by atoms with E-state index in [0.29, 0.717) is 11.5 Å². The molecule has 0 fully saturated rings. The molecule has 0 saturated carbocycles. The Morgan fingerprint density at radius 2 is 2.13 bits per heavy atom. The molecule has 3 rings (SSSR count). The van der Waals surface area contributed by atoms with E-state index in [1.807, 2.05) is 24.3 Å². The van der Waals surface area contributed by atoms with Crippen LogP contribution in [0.1, 0.15) is 29.9 Å². The topological polar surface area (TPSA) is 67.9 Å². The fourth-order valence-corrected chi connectivity index (χ4v) is 2.73. The van der Waals surface area contributed by atoms with Gasteiger partial charge >= 0.3 is 5.97 Å². The largest absolute Gasteiger partial charge is 0.465 e. The van der Waals surface area contributed by atoms with Gasteiger partial charge in [0.2, 0.25) is 0 Å². The molecule has 5 nitrogen and oxygen atoms in total. The predicted octanol–water partition coefficient (Wildman–Crippen LogP) is 3.61. The Hall–Kier alpha value is -2.69. The number of benzene rings is 1. The molecule has 23 heavy (non-hydrogen) atoms. The molecule has 2 heterocycles. The highest BCUT2D eigenvalue weighted by Gasteiger charge is 2.19. The average Bonchev–Trinajstić information content (AvgIpc) is 2.96. The molecule has 5 heteroatoms. The molecule has 0 aliphatic rings. The third-order valence-corrected chi connectivity index (χ3v) is 3.74. The zero-order chi connectivity index (χ0) is 16.4. The van der Waals surface area contributed by atoms with Gasteiger partial charge < -0.3 is 4.74 Å². The lowest BCUT2D eigenvalue weighted by atomic mass is 9.97. The standard InChI is InChI=1S/C18H19N3O2/c1-11(2)7-15-17-14(18(22)23-3)8-13(9-16(17)21-20-15)12-5-4-6-19-10-12/h4-6,8-11H,7H2,1-3H3,(H,20,21). The lowest BCUT2D eigenvalue weighted by Gasteiger charge is -2.08. The maximum absolute atomic E-state index is 12.3. The van der Waals surface area contributed by atoms with Crippen LogP contribution in [-0.2, 0) is 11.2 Å². The summed E-state index contributed by atoms with van der Waals surface area (Å²) in [7, 11) is 1.40. The minimum absolute atomic E-state index is 0.354. The summed E-state index contributed by atoms with van der Waals surface area (Å²) >= 11 is 0. The van der Waals surface area contributed by atoms with Crippen LogP contribution in [0.5, 0.6) is 0 Å². The first-order valence-corrected chi connectivity index (χ1v) is 7.60. The Morgan fingerprint density at radius 1 is 1.30 bits per heavy atom. The molecule has 1 N–H and O–H groups in total. The van der Waals surface area contributed by atoms with Gasteiger partial charge in [0.25, 0.3) is 0 Å². The predicted molar refractivity (Wildman–Crippen MR) is 89.2 cm³/mol. The van der Waals surface area contributed by atoms with Gasteiger partial charge in [0.05, 0.1) is 23.9 Å². The summed E-state index contributed by atoms with van der Waals surface area (Å²) in [5, 5.41) is 8.29. The van der Waals surface area contributed by atoms with E-state index in [9.17, 15) is 4.79 Å². The summed E-state index contributed by atoms with van der Waals surface area (Å²) < 4.78 is 4.97. The Morgan fingerprint density at radius 3 is 2.78 bits per heavy atom. The van der Waals surface area contributed by atoms with Crippen LogP contribution in [0.15, 0.2) is 36.7 Å². The van der Waals surface area contributed by atoms with Crippen LogP contribution in [0.3, 0.4) is 0 Å². The van der Waals surface area contributed by atoms with Gasteiger partial charge in [0.1, 0.15) is 0 Å². The van der Waals surface area contributed by atoms with Crippen LogP contribution < -0.4 is 0 Å². The van der Waals surface area contributed by atoms with Crippen LogP contribution in [-0.4, -0.2) is 28.3 Å². The molecule has 0 spiro atoms. The van der Waals surface area contributed by atoms with Gasteiger partial charge in [0, 0.05) is 23.3 Å². The lowest BCUT2D eigenvalue weighted by molar-refractivity contribution is 0.0603. The van der Waals surface area contributed by atoms with Crippen molar-refractivity contribution in [1.82, 2.24) is 15.2 Å². The third kappa shape index (κ3) is 2.95. The number of hydrogen-bond donors (Lipinski definition) is 1. The monoisotopic (exact) mass is 309 g/mol. The maximum atomic E-state index is 12.3. The van der Waals surface area contributed by atoms with Crippen LogP contribution in [0, 0.1) is 5.92 Å². The number of carbonyl (C=O) groups excluding carboxylic acids is 1. The number of pyridine rings is 1. The lowest BCUT2D eigenvalue weighted by Crippen LogP contribution is -2.04. The van der Waals surface area contributed by atoms with E-state index in [1.54, 1.807) is 12.4 Å². The van der Waals surface area contributed by atoms with E-state index < -0.39 is 0 Å². The molecular weight excluding hydrogens is 290 g/mol. The maximum Gasteiger partial charge on any atom is 0.338 e. The molecule has 0 radical (unpaired) electrons. The number of aromatic nitrogens is 3. The van der Waals surface area contributed by atoms with Crippen molar-refractivity contribution in [1.29, 1.82) is 0 Å². The number of nitrogens with one attached hydrogen (secondary N) is 1. The highest BCUT2D eigenvalue weighted by Crippen LogP contribution is 2.29. The Bertz CT molecular complexity index is 838. The first kappa shape index (κ1) is 15.2. The SMILES string of the molecule is COC(=O)c1cc(-c2cccnc2)cc2[nH]nc(CC(C)C)c12. The molecule has 2 aromatic heterocycles. The average molecular weight is 309 g/mol. The molecule has 0 saturated heterocycles. The molecular formula is C18H19N3O2. The number of esters is 1. The molecule has 118 valence electrons. The van der Waals surface area contributed by atoms with Crippen molar-refractivity contribution in [3.8, 4) is 11.1 Å². The van der Waals surface area contributed by atoms with E-state index >= 15 is 0 Å². The fraction of sp³-hybridized carbons (Fsp3) is 0.278. The normalized spacial score (nSPS) is 11.1. The number of carbonyl (C=O) groups is 1.